The van der Waals surface area contributed by atoms with Crippen LogP contribution in [0.5, 0.6) is 0 Å². The topological polar surface area (TPSA) is 144 Å². The highest BCUT2D eigenvalue weighted by molar-refractivity contribution is 5.56. The minimum atomic E-state index is -1.85. The summed E-state index contributed by atoms with van der Waals surface area (Å²) in [5.41, 5.74) is 3.87. The molecule has 0 radical (unpaired) electrons. The molecular formula is C41H48O10. The SMILES string of the molecule is O=C[C@@H](O)[C@H](O)[C@@H](O)[C@H](O)CC[C@H]1O[C@H](COCc2ccccc2)[C@@H](OCc2ccccc2)[C@H](OCc2ccccc2)[C@H]1OCc1ccccc1. The molecule has 10 nitrogen and oxygen atoms in total. The molecule has 5 rings (SSSR count). The van der Waals surface area contributed by atoms with Gasteiger partial charge in [-0.2, -0.15) is 0 Å². The maximum absolute atomic E-state index is 11.0. The molecule has 0 amide bonds. The third-order valence-corrected chi connectivity index (χ3v) is 8.96. The minimum Gasteiger partial charge on any atom is -0.390 e. The fraction of sp³-hybridized carbons (Fsp3) is 0.390. The van der Waals surface area contributed by atoms with Crippen molar-refractivity contribution in [2.45, 2.75) is 94.2 Å². The molecule has 9 atom stereocenters. The average molecular weight is 701 g/mol. The molecule has 10 heteroatoms. The Kier molecular flexibility index (Phi) is 15.3. The van der Waals surface area contributed by atoms with E-state index in [4.69, 9.17) is 23.7 Å². The van der Waals surface area contributed by atoms with Crippen molar-refractivity contribution in [1.29, 1.82) is 0 Å². The van der Waals surface area contributed by atoms with Gasteiger partial charge in [-0.1, -0.05) is 121 Å². The van der Waals surface area contributed by atoms with Crippen LogP contribution in [0.3, 0.4) is 0 Å². The standard InChI is InChI=1S/C41H48O10/c42-23-34(44)38(46)37(45)33(43)21-22-35-39(48-25-30-15-7-2-8-16-30)41(50-27-32-19-11-4-12-20-32)40(49-26-31-17-9-3-10-18-31)36(51-35)28-47-24-29-13-5-1-6-14-29/h1-20,23,33-41,43-46H,21-22,24-28H2/t33-,34-,35-,36-,37+,38+,39+,40-,41-/m1/s1. The van der Waals surface area contributed by atoms with E-state index in [1.807, 2.05) is 121 Å². The fourth-order valence-corrected chi connectivity index (χ4v) is 6.13. The molecule has 4 aromatic carbocycles. The van der Waals surface area contributed by atoms with Crippen molar-refractivity contribution in [3.05, 3.63) is 144 Å². The predicted octanol–water partition coefficient (Wildman–Crippen LogP) is 4.15. The molecule has 0 unspecified atom stereocenters. The lowest BCUT2D eigenvalue weighted by Gasteiger charge is -2.46. The van der Waals surface area contributed by atoms with Gasteiger partial charge in [0.25, 0.3) is 0 Å². The number of hydrogen-bond acceptors (Lipinski definition) is 10. The number of aldehydes is 1. The van der Waals surface area contributed by atoms with Gasteiger partial charge < -0.3 is 48.9 Å². The van der Waals surface area contributed by atoms with Crippen LogP contribution in [-0.2, 0) is 54.9 Å². The van der Waals surface area contributed by atoms with Crippen molar-refractivity contribution in [3.63, 3.8) is 0 Å². The van der Waals surface area contributed by atoms with Crippen molar-refractivity contribution in [1.82, 2.24) is 0 Å². The molecule has 1 aliphatic heterocycles. The number of ether oxygens (including phenoxy) is 5. The quantitative estimate of drug-likeness (QED) is 0.0994. The molecule has 4 aromatic rings. The van der Waals surface area contributed by atoms with E-state index in [-0.39, 0.29) is 45.6 Å². The number of carbonyl (C=O) groups excluding carboxylic acids is 1. The lowest BCUT2D eigenvalue weighted by Crippen LogP contribution is -2.61. The summed E-state index contributed by atoms with van der Waals surface area (Å²) in [7, 11) is 0. The number of aliphatic hydroxyl groups excluding tert-OH is 4. The second-order valence-corrected chi connectivity index (χ2v) is 12.7. The number of rotatable bonds is 20. The lowest BCUT2D eigenvalue weighted by atomic mass is 9.90. The molecule has 0 aromatic heterocycles. The minimum absolute atomic E-state index is 0.0434. The molecule has 272 valence electrons. The number of hydrogen-bond donors (Lipinski definition) is 4. The predicted molar refractivity (Wildman–Crippen MR) is 189 cm³/mol. The van der Waals surface area contributed by atoms with Crippen molar-refractivity contribution in [3.8, 4) is 0 Å². The van der Waals surface area contributed by atoms with Crippen LogP contribution >= 0.6 is 0 Å². The smallest absolute Gasteiger partial charge is 0.151 e. The van der Waals surface area contributed by atoms with E-state index in [1.54, 1.807) is 0 Å². The highest BCUT2D eigenvalue weighted by atomic mass is 16.6. The second kappa shape index (κ2) is 20.3. The van der Waals surface area contributed by atoms with Gasteiger partial charge in [-0.3, -0.25) is 0 Å². The van der Waals surface area contributed by atoms with Crippen LogP contribution in [0.15, 0.2) is 121 Å². The largest absolute Gasteiger partial charge is 0.390 e. The lowest BCUT2D eigenvalue weighted by molar-refractivity contribution is -0.274. The van der Waals surface area contributed by atoms with Crippen molar-refractivity contribution < 1.29 is 48.9 Å². The van der Waals surface area contributed by atoms with Gasteiger partial charge >= 0.3 is 0 Å². The normalized spacial score (nSPS) is 22.9. The van der Waals surface area contributed by atoms with Gasteiger partial charge in [-0.25, -0.2) is 0 Å². The Hall–Kier alpha value is -3.81. The van der Waals surface area contributed by atoms with Gasteiger partial charge in [-0.05, 0) is 35.1 Å². The third-order valence-electron chi connectivity index (χ3n) is 8.96. The van der Waals surface area contributed by atoms with Crippen LogP contribution in [0.2, 0.25) is 0 Å². The van der Waals surface area contributed by atoms with E-state index in [0.29, 0.717) is 6.61 Å². The molecule has 51 heavy (non-hydrogen) atoms. The van der Waals surface area contributed by atoms with Gasteiger partial charge in [-0.15, -0.1) is 0 Å². The Morgan fingerprint density at radius 2 is 0.961 bits per heavy atom. The fourth-order valence-electron chi connectivity index (χ4n) is 6.13. The maximum atomic E-state index is 11.0. The van der Waals surface area contributed by atoms with E-state index in [1.165, 1.54) is 0 Å². The Morgan fingerprint density at radius 1 is 0.549 bits per heavy atom. The monoisotopic (exact) mass is 700 g/mol. The van der Waals surface area contributed by atoms with E-state index < -0.39 is 54.9 Å². The van der Waals surface area contributed by atoms with Gasteiger partial charge in [0.15, 0.2) is 6.29 Å². The molecular weight excluding hydrogens is 652 g/mol. The Bertz CT molecular complexity index is 1530. The molecule has 0 aliphatic carbocycles. The number of carbonyl (C=O) groups is 1. The zero-order chi connectivity index (χ0) is 35.8. The molecule has 0 bridgehead atoms. The van der Waals surface area contributed by atoms with Crippen molar-refractivity contribution in [2.24, 2.45) is 0 Å². The average Bonchev–Trinajstić information content (AvgIpc) is 3.18. The number of benzene rings is 4. The van der Waals surface area contributed by atoms with E-state index in [0.717, 1.165) is 22.3 Å². The molecule has 0 saturated carbocycles. The Balaban J connectivity index is 1.44. The first kappa shape index (κ1) is 38.4. The molecule has 1 aliphatic rings. The highest BCUT2D eigenvalue weighted by Crippen LogP contribution is 2.33. The summed E-state index contributed by atoms with van der Waals surface area (Å²) < 4.78 is 33.0. The van der Waals surface area contributed by atoms with Crippen molar-refractivity contribution in [2.75, 3.05) is 6.61 Å². The van der Waals surface area contributed by atoms with Crippen LogP contribution in [-0.4, -0.2) is 88.3 Å². The molecule has 4 N–H and O–H groups in total. The first-order chi connectivity index (χ1) is 24.9. The van der Waals surface area contributed by atoms with Crippen LogP contribution in [0, 0.1) is 0 Å². The Morgan fingerprint density at radius 3 is 1.41 bits per heavy atom. The van der Waals surface area contributed by atoms with Gasteiger partial charge in [0.05, 0.1) is 45.2 Å². The summed E-state index contributed by atoms with van der Waals surface area (Å²) in [6.45, 7) is 1.31. The third kappa shape index (κ3) is 11.6. The van der Waals surface area contributed by atoms with E-state index in [2.05, 4.69) is 0 Å². The molecule has 1 fully saturated rings. The summed E-state index contributed by atoms with van der Waals surface area (Å²) in [6, 6.07) is 39.1. The summed E-state index contributed by atoms with van der Waals surface area (Å²) in [4.78, 5) is 11.0. The maximum Gasteiger partial charge on any atom is 0.151 e. The summed E-state index contributed by atoms with van der Waals surface area (Å²) >= 11 is 0. The number of aliphatic hydroxyl groups is 4. The van der Waals surface area contributed by atoms with Crippen LogP contribution < -0.4 is 0 Å². The van der Waals surface area contributed by atoms with Crippen LogP contribution in [0.25, 0.3) is 0 Å². The summed E-state index contributed by atoms with van der Waals surface area (Å²) in [5, 5.41) is 41.3. The van der Waals surface area contributed by atoms with Crippen molar-refractivity contribution >= 4 is 6.29 Å². The molecule has 0 spiro atoms. The first-order valence-electron chi connectivity index (χ1n) is 17.3. The summed E-state index contributed by atoms with van der Waals surface area (Å²) in [5.74, 6) is 0. The summed E-state index contributed by atoms with van der Waals surface area (Å²) in [6.07, 6.45) is -9.99. The van der Waals surface area contributed by atoms with Crippen LogP contribution in [0.4, 0.5) is 0 Å². The van der Waals surface area contributed by atoms with Gasteiger partial charge in [0.2, 0.25) is 0 Å². The second-order valence-electron chi connectivity index (χ2n) is 12.7. The molecule has 1 heterocycles. The van der Waals surface area contributed by atoms with Crippen LogP contribution in [0.1, 0.15) is 35.1 Å². The zero-order valence-corrected chi connectivity index (χ0v) is 28.5. The Labute approximate surface area is 299 Å². The van der Waals surface area contributed by atoms with Gasteiger partial charge in [0.1, 0.15) is 42.7 Å². The molecule has 1 saturated heterocycles. The highest BCUT2D eigenvalue weighted by Gasteiger charge is 2.48. The van der Waals surface area contributed by atoms with Gasteiger partial charge in [0, 0.05) is 0 Å². The first-order valence-corrected chi connectivity index (χ1v) is 17.3. The van der Waals surface area contributed by atoms with E-state index in [9.17, 15) is 25.2 Å². The zero-order valence-electron chi connectivity index (χ0n) is 28.5. The van der Waals surface area contributed by atoms with E-state index >= 15 is 0 Å².